The molecule has 1 unspecified atom stereocenters. The molecule has 0 aromatic heterocycles. The third-order valence-corrected chi connectivity index (χ3v) is 6.46. The summed E-state index contributed by atoms with van der Waals surface area (Å²) in [4.78, 5) is 14.4. The predicted molar refractivity (Wildman–Crippen MR) is 105 cm³/mol. The van der Waals surface area contributed by atoms with Crippen LogP contribution in [-0.2, 0) is 9.47 Å². The van der Waals surface area contributed by atoms with Crippen LogP contribution in [0.15, 0.2) is 48.5 Å². The number of aliphatic hydroxyl groups excluding tert-OH is 1. The van der Waals surface area contributed by atoms with E-state index in [1.54, 1.807) is 4.90 Å². The van der Waals surface area contributed by atoms with Gasteiger partial charge in [-0.1, -0.05) is 48.5 Å². The first-order valence-corrected chi connectivity index (χ1v) is 10.1. The zero-order valence-corrected chi connectivity index (χ0v) is 15.8. The fourth-order valence-electron chi connectivity index (χ4n) is 4.95. The summed E-state index contributed by atoms with van der Waals surface area (Å²) in [7, 11) is 0. The lowest BCUT2D eigenvalue weighted by molar-refractivity contribution is -0.0426. The molecule has 5 heteroatoms. The first-order valence-electron chi connectivity index (χ1n) is 10.1. The first-order chi connectivity index (χ1) is 13.7. The van der Waals surface area contributed by atoms with Gasteiger partial charge in [0, 0.05) is 25.4 Å². The lowest BCUT2D eigenvalue weighted by atomic mass is 9.88. The van der Waals surface area contributed by atoms with Gasteiger partial charge >= 0.3 is 6.09 Å². The molecule has 2 aliphatic heterocycles. The van der Waals surface area contributed by atoms with Crippen molar-refractivity contribution in [2.75, 3.05) is 26.3 Å². The fourth-order valence-corrected chi connectivity index (χ4v) is 4.95. The number of piperidine rings is 1. The topological polar surface area (TPSA) is 59.0 Å². The highest BCUT2D eigenvalue weighted by molar-refractivity contribution is 5.79. The van der Waals surface area contributed by atoms with Gasteiger partial charge in [0.2, 0.25) is 0 Å². The number of likely N-dealkylation sites (tertiary alicyclic amines) is 1. The van der Waals surface area contributed by atoms with Crippen molar-refractivity contribution in [1.29, 1.82) is 0 Å². The van der Waals surface area contributed by atoms with Gasteiger partial charge in [-0.2, -0.15) is 0 Å². The molecular weight excluding hydrogens is 354 g/mol. The quantitative estimate of drug-likeness (QED) is 0.867. The number of fused-ring (bicyclic) bond motifs is 3. The third kappa shape index (κ3) is 2.99. The molecule has 2 saturated heterocycles. The number of ether oxygens (including phenoxy) is 2. The van der Waals surface area contributed by atoms with Gasteiger partial charge in [0.15, 0.2) is 0 Å². The lowest BCUT2D eigenvalue weighted by Gasteiger charge is -2.38. The number of aliphatic hydroxyl groups is 1. The maximum atomic E-state index is 12.7. The molecule has 2 fully saturated rings. The van der Waals surface area contributed by atoms with Gasteiger partial charge in [0.25, 0.3) is 0 Å². The summed E-state index contributed by atoms with van der Waals surface area (Å²) < 4.78 is 11.6. The number of rotatable bonds is 2. The van der Waals surface area contributed by atoms with Crippen molar-refractivity contribution in [2.24, 2.45) is 0 Å². The van der Waals surface area contributed by atoms with Crippen molar-refractivity contribution in [2.45, 2.75) is 36.9 Å². The van der Waals surface area contributed by atoms with Crippen LogP contribution in [0, 0.1) is 0 Å². The fraction of sp³-hybridized carbons (Fsp3) is 0.435. The van der Waals surface area contributed by atoms with Crippen LogP contribution in [0.1, 0.15) is 36.3 Å². The molecule has 1 atom stereocenters. The number of hydrogen-bond acceptors (Lipinski definition) is 4. The summed E-state index contributed by atoms with van der Waals surface area (Å²) in [5.74, 6) is 0.0841. The molecule has 1 spiro atoms. The molecule has 2 aromatic carbocycles. The van der Waals surface area contributed by atoms with Gasteiger partial charge in [0.05, 0.1) is 18.3 Å². The Morgan fingerprint density at radius 2 is 1.68 bits per heavy atom. The van der Waals surface area contributed by atoms with Crippen LogP contribution in [0.5, 0.6) is 0 Å². The van der Waals surface area contributed by atoms with Gasteiger partial charge in [-0.15, -0.1) is 0 Å². The molecule has 3 aliphatic rings. The minimum absolute atomic E-state index is 0.0841. The van der Waals surface area contributed by atoms with E-state index in [1.807, 2.05) is 12.1 Å². The Balaban J connectivity index is 1.24. The van der Waals surface area contributed by atoms with E-state index in [1.165, 1.54) is 22.3 Å². The summed E-state index contributed by atoms with van der Waals surface area (Å²) in [6.07, 6.45) is 1.56. The van der Waals surface area contributed by atoms with E-state index in [9.17, 15) is 9.90 Å². The Kier molecular flexibility index (Phi) is 4.37. The average molecular weight is 379 g/mol. The van der Waals surface area contributed by atoms with Crippen LogP contribution in [0.4, 0.5) is 4.79 Å². The van der Waals surface area contributed by atoms with Crippen LogP contribution in [0.2, 0.25) is 0 Å². The molecule has 5 rings (SSSR count). The Bertz CT molecular complexity index is 842. The number of benzene rings is 2. The van der Waals surface area contributed by atoms with E-state index >= 15 is 0 Å². The molecule has 1 aliphatic carbocycles. The lowest BCUT2D eigenvalue weighted by Crippen LogP contribution is -2.46. The van der Waals surface area contributed by atoms with E-state index in [4.69, 9.17) is 9.47 Å². The minimum atomic E-state index is -0.374. The molecule has 1 N–H and O–H groups in total. The average Bonchev–Trinajstić information content (AvgIpc) is 3.25. The SMILES string of the molecule is O=C(OCC1c2ccccc2-c2ccccc21)N1CCC2(CC1)CC(O)CO2. The summed E-state index contributed by atoms with van der Waals surface area (Å²) in [6, 6.07) is 16.7. The first kappa shape index (κ1) is 17.7. The molecule has 2 aromatic rings. The highest BCUT2D eigenvalue weighted by Gasteiger charge is 2.43. The second-order valence-corrected chi connectivity index (χ2v) is 8.14. The molecule has 146 valence electrons. The number of hydrogen-bond donors (Lipinski definition) is 1. The summed E-state index contributed by atoms with van der Waals surface area (Å²) in [5.41, 5.74) is 4.66. The standard InChI is InChI=1S/C23H25NO4/c25-16-13-23(28-14-16)9-11-24(12-10-23)22(26)27-15-21-19-7-3-1-5-17(19)18-6-2-4-8-20(18)21/h1-8,16,21,25H,9-15H2. The van der Waals surface area contributed by atoms with Gasteiger partial charge in [-0.05, 0) is 35.1 Å². The van der Waals surface area contributed by atoms with Gasteiger partial charge in [0.1, 0.15) is 6.61 Å². The van der Waals surface area contributed by atoms with Crippen LogP contribution in [0.3, 0.4) is 0 Å². The molecule has 5 nitrogen and oxygen atoms in total. The molecule has 1 amide bonds. The van der Waals surface area contributed by atoms with Crippen molar-refractivity contribution in [1.82, 2.24) is 4.90 Å². The van der Waals surface area contributed by atoms with Crippen molar-refractivity contribution in [3.63, 3.8) is 0 Å². The van der Waals surface area contributed by atoms with Gasteiger partial charge < -0.3 is 19.5 Å². The van der Waals surface area contributed by atoms with E-state index in [2.05, 4.69) is 36.4 Å². The molecular formula is C23H25NO4. The second kappa shape index (κ2) is 6.90. The zero-order chi connectivity index (χ0) is 19.1. The number of nitrogens with zero attached hydrogens (tertiary/aromatic N) is 1. The molecule has 0 saturated carbocycles. The normalized spacial score (nSPS) is 22.9. The molecule has 2 heterocycles. The highest BCUT2D eigenvalue weighted by Crippen LogP contribution is 2.44. The molecule has 0 bridgehead atoms. The minimum Gasteiger partial charge on any atom is -0.448 e. The molecule has 0 radical (unpaired) electrons. The second-order valence-electron chi connectivity index (χ2n) is 8.14. The number of carbonyl (C=O) groups is 1. The Labute approximate surface area is 164 Å². The van der Waals surface area contributed by atoms with E-state index in [-0.39, 0.29) is 23.7 Å². The van der Waals surface area contributed by atoms with Crippen LogP contribution in [0.25, 0.3) is 11.1 Å². The Morgan fingerprint density at radius 3 is 2.25 bits per heavy atom. The summed E-state index contributed by atoms with van der Waals surface area (Å²) in [6.45, 7) is 1.99. The zero-order valence-electron chi connectivity index (χ0n) is 15.8. The van der Waals surface area contributed by atoms with Crippen molar-refractivity contribution in [3.8, 4) is 11.1 Å². The van der Waals surface area contributed by atoms with Crippen LogP contribution in [-0.4, -0.2) is 54.1 Å². The monoisotopic (exact) mass is 379 g/mol. The van der Waals surface area contributed by atoms with Crippen LogP contribution < -0.4 is 0 Å². The third-order valence-electron chi connectivity index (χ3n) is 6.46. The van der Waals surface area contributed by atoms with E-state index in [0.29, 0.717) is 32.7 Å². The number of carbonyl (C=O) groups excluding carboxylic acids is 1. The molecule has 28 heavy (non-hydrogen) atoms. The van der Waals surface area contributed by atoms with Gasteiger partial charge in [-0.25, -0.2) is 4.79 Å². The maximum Gasteiger partial charge on any atom is 0.409 e. The summed E-state index contributed by atoms with van der Waals surface area (Å²) in [5, 5.41) is 9.76. The Morgan fingerprint density at radius 1 is 1.07 bits per heavy atom. The Hall–Kier alpha value is -2.37. The van der Waals surface area contributed by atoms with Crippen molar-refractivity contribution in [3.05, 3.63) is 59.7 Å². The number of amides is 1. The largest absolute Gasteiger partial charge is 0.448 e. The van der Waals surface area contributed by atoms with E-state index in [0.717, 1.165) is 12.8 Å². The highest BCUT2D eigenvalue weighted by atomic mass is 16.6. The van der Waals surface area contributed by atoms with Crippen LogP contribution >= 0.6 is 0 Å². The smallest absolute Gasteiger partial charge is 0.409 e. The van der Waals surface area contributed by atoms with Crippen molar-refractivity contribution < 1.29 is 19.4 Å². The van der Waals surface area contributed by atoms with E-state index < -0.39 is 0 Å². The maximum absolute atomic E-state index is 12.7. The predicted octanol–water partition coefficient (Wildman–Crippen LogP) is 3.55. The summed E-state index contributed by atoms with van der Waals surface area (Å²) >= 11 is 0. The van der Waals surface area contributed by atoms with Gasteiger partial charge in [-0.3, -0.25) is 0 Å². The van der Waals surface area contributed by atoms with Crippen molar-refractivity contribution >= 4 is 6.09 Å².